The fourth-order valence-electron chi connectivity index (χ4n) is 2.42. The molecule has 0 radical (unpaired) electrons. The van der Waals surface area contributed by atoms with E-state index >= 15 is 0 Å². The SMILES string of the molecule is COc1ccc(-c2nc(Cc3csc(C)n3)sc2C)cc1OC. The summed E-state index contributed by atoms with van der Waals surface area (Å²) in [6.45, 7) is 4.12. The molecule has 2 aromatic heterocycles. The lowest BCUT2D eigenvalue weighted by Crippen LogP contribution is -1.92. The molecule has 0 fully saturated rings. The van der Waals surface area contributed by atoms with Gasteiger partial charge in [-0.25, -0.2) is 9.97 Å². The van der Waals surface area contributed by atoms with Crippen LogP contribution in [0.25, 0.3) is 11.3 Å². The molecule has 0 atom stereocenters. The molecule has 0 aliphatic carbocycles. The molecule has 0 spiro atoms. The van der Waals surface area contributed by atoms with Crippen molar-refractivity contribution in [3.63, 3.8) is 0 Å². The summed E-state index contributed by atoms with van der Waals surface area (Å²) >= 11 is 3.39. The van der Waals surface area contributed by atoms with Crippen LogP contribution in [0.2, 0.25) is 0 Å². The summed E-state index contributed by atoms with van der Waals surface area (Å²) in [6, 6.07) is 5.90. The van der Waals surface area contributed by atoms with Crippen LogP contribution in [0.3, 0.4) is 0 Å². The Morgan fingerprint density at radius 1 is 1.04 bits per heavy atom. The van der Waals surface area contributed by atoms with Gasteiger partial charge in [0, 0.05) is 22.2 Å². The largest absolute Gasteiger partial charge is 0.493 e. The minimum Gasteiger partial charge on any atom is -0.493 e. The second kappa shape index (κ2) is 6.68. The molecule has 0 amide bonds. The number of nitrogens with zero attached hydrogens (tertiary/aromatic N) is 2. The van der Waals surface area contributed by atoms with Crippen LogP contribution in [0, 0.1) is 13.8 Å². The first kappa shape index (κ1) is 16.0. The van der Waals surface area contributed by atoms with E-state index in [1.54, 1.807) is 36.9 Å². The summed E-state index contributed by atoms with van der Waals surface area (Å²) in [4.78, 5) is 10.5. The van der Waals surface area contributed by atoms with E-state index in [1.807, 2.05) is 25.1 Å². The van der Waals surface area contributed by atoms with Crippen molar-refractivity contribution in [1.82, 2.24) is 9.97 Å². The van der Waals surface area contributed by atoms with Crippen LogP contribution < -0.4 is 9.47 Å². The molecule has 0 bridgehead atoms. The minimum absolute atomic E-state index is 0.717. The monoisotopic (exact) mass is 346 g/mol. The van der Waals surface area contributed by atoms with Gasteiger partial charge in [-0.2, -0.15) is 0 Å². The third kappa shape index (κ3) is 3.38. The molecule has 0 saturated carbocycles. The Morgan fingerprint density at radius 3 is 2.48 bits per heavy atom. The molecule has 3 aromatic rings. The second-order valence-electron chi connectivity index (χ2n) is 5.12. The summed E-state index contributed by atoms with van der Waals surface area (Å²) in [5.74, 6) is 1.44. The van der Waals surface area contributed by atoms with E-state index in [9.17, 15) is 0 Å². The maximum Gasteiger partial charge on any atom is 0.161 e. The molecule has 0 N–H and O–H groups in total. The van der Waals surface area contributed by atoms with Crippen LogP contribution >= 0.6 is 22.7 Å². The Bertz CT molecular complexity index is 824. The predicted molar refractivity (Wildman–Crippen MR) is 95.0 cm³/mol. The zero-order chi connectivity index (χ0) is 16.4. The molecule has 0 saturated heterocycles. The van der Waals surface area contributed by atoms with Crippen LogP contribution in [0.4, 0.5) is 0 Å². The second-order valence-corrected chi connectivity index (χ2v) is 7.47. The summed E-state index contributed by atoms with van der Waals surface area (Å²) in [5.41, 5.74) is 3.12. The molecule has 120 valence electrons. The number of hydrogen-bond donors (Lipinski definition) is 0. The third-order valence-corrected chi connectivity index (χ3v) is 5.29. The highest BCUT2D eigenvalue weighted by atomic mass is 32.1. The van der Waals surface area contributed by atoms with Crippen LogP contribution in [0.5, 0.6) is 11.5 Å². The molecule has 0 unspecified atom stereocenters. The van der Waals surface area contributed by atoms with Gasteiger partial charge in [-0.3, -0.25) is 0 Å². The quantitative estimate of drug-likeness (QED) is 0.683. The smallest absolute Gasteiger partial charge is 0.161 e. The van der Waals surface area contributed by atoms with Gasteiger partial charge in [0.05, 0.1) is 35.6 Å². The molecule has 23 heavy (non-hydrogen) atoms. The first-order valence-electron chi connectivity index (χ1n) is 7.20. The van der Waals surface area contributed by atoms with Gasteiger partial charge in [0.2, 0.25) is 0 Å². The van der Waals surface area contributed by atoms with Crippen molar-refractivity contribution in [1.29, 1.82) is 0 Å². The van der Waals surface area contributed by atoms with Crippen LogP contribution in [-0.4, -0.2) is 24.2 Å². The molecular weight excluding hydrogens is 328 g/mol. The fraction of sp³-hybridized carbons (Fsp3) is 0.294. The van der Waals surface area contributed by atoms with E-state index in [0.29, 0.717) is 5.75 Å². The lowest BCUT2D eigenvalue weighted by Gasteiger charge is -2.08. The first-order chi connectivity index (χ1) is 11.1. The number of hydrogen-bond acceptors (Lipinski definition) is 6. The van der Waals surface area contributed by atoms with E-state index < -0.39 is 0 Å². The number of methoxy groups -OCH3 is 2. The van der Waals surface area contributed by atoms with E-state index in [2.05, 4.69) is 17.3 Å². The number of ether oxygens (including phenoxy) is 2. The molecule has 0 aliphatic rings. The zero-order valence-corrected chi connectivity index (χ0v) is 15.2. The number of benzene rings is 1. The van der Waals surface area contributed by atoms with E-state index in [-0.39, 0.29) is 0 Å². The van der Waals surface area contributed by atoms with Crippen molar-refractivity contribution in [3.8, 4) is 22.8 Å². The maximum atomic E-state index is 5.39. The van der Waals surface area contributed by atoms with Gasteiger partial charge in [0.25, 0.3) is 0 Å². The van der Waals surface area contributed by atoms with Gasteiger partial charge >= 0.3 is 0 Å². The molecule has 0 aliphatic heterocycles. The fourth-order valence-corrected chi connectivity index (χ4v) is 4.01. The van der Waals surface area contributed by atoms with Crippen molar-refractivity contribution < 1.29 is 9.47 Å². The lowest BCUT2D eigenvalue weighted by molar-refractivity contribution is 0.355. The first-order valence-corrected chi connectivity index (χ1v) is 8.90. The molecule has 6 heteroatoms. The maximum absolute atomic E-state index is 5.39. The van der Waals surface area contributed by atoms with Gasteiger partial charge in [-0.1, -0.05) is 0 Å². The highest BCUT2D eigenvalue weighted by Crippen LogP contribution is 2.35. The molecule has 4 nitrogen and oxygen atoms in total. The van der Waals surface area contributed by atoms with Crippen molar-refractivity contribution >= 4 is 22.7 Å². The number of rotatable bonds is 5. The highest BCUT2D eigenvalue weighted by Gasteiger charge is 2.14. The Hall–Kier alpha value is -1.92. The third-order valence-electron chi connectivity index (χ3n) is 3.50. The number of thiazole rings is 2. The van der Waals surface area contributed by atoms with E-state index in [0.717, 1.165) is 39.1 Å². The number of aryl methyl sites for hydroxylation is 2. The Morgan fingerprint density at radius 2 is 1.83 bits per heavy atom. The van der Waals surface area contributed by atoms with Crippen molar-refractivity contribution in [3.05, 3.63) is 44.2 Å². The summed E-state index contributed by atoms with van der Waals surface area (Å²) in [7, 11) is 3.28. The van der Waals surface area contributed by atoms with Gasteiger partial charge in [0.1, 0.15) is 0 Å². The van der Waals surface area contributed by atoms with Crippen LogP contribution in [-0.2, 0) is 6.42 Å². The number of aromatic nitrogens is 2. The van der Waals surface area contributed by atoms with Crippen molar-refractivity contribution in [2.45, 2.75) is 20.3 Å². The average Bonchev–Trinajstić information content (AvgIpc) is 3.12. The summed E-state index contributed by atoms with van der Waals surface area (Å²) in [5, 5.41) is 4.27. The highest BCUT2D eigenvalue weighted by molar-refractivity contribution is 7.12. The molecule has 1 aromatic carbocycles. The normalized spacial score (nSPS) is 10.8. The minimum atomic E-state index is 0.717. The lowest BCUT2D eigenvalue weighted by atomic mass is 10.1. The predicted octanol–water partition coefficient (Wildman–Crippen LogP) is 4.49. The Balaban J connectivity index is 1.91. The Kier molecular flexibility index (Phi) is 4.63. The molecular formula is C17H18N2O2S2. The summed E-state index contributed by atoms with van der Waals surface area (Å²) in [6.07, 6.45) is 0.781. The average molecular weight is 346 g/mol. The van der Waals surface area contributed by atoms with Crippen LogP contribution in [0.1, 0.15) is 20.6 Å². The van der Waals surface area contributed by atoms with Gasteiger partial charge in [-0.05, 0) is 32.0 Å². The van der Waals surface area contributed by atoms with Crippen molar-refractivity contribution in [2.24, 2.45) is 0 Å². The van der Waals surface area contributed by atoms with E-state index in [1.165, 1.54) is 4.88 Å². The van der Waals surface area contributed by atoms with Crippen molar-refractivity contribution in [2.75, 3.05) is 14.2 Å². The Labute approximate surface area is 143 Å². The standard InChI is InChI=1S/C17H18N2O2S2/c1-10-17(12-5-6-14(20-3)15(7-12)21-4)19-16(23-10)8-13-9-22-11(2)18-13/h5-7,9H,8H2,1-4H3. The van der Waals surface area contributed by atoms with Gasteiger partial charge in [0.15, 0.2) is 11.5 Å². The van der Waals surface area contributed by atoms with Gasteiger partial charge in [-0.15, -0.1) is 22.7 Å². The summed E-state index contributed by atoms with van der Waals surface area (Å²) < 4.78 is 10.7. The van der Waals surface area contributed by atoms with Gasteiger partial charge < -0.3 is 9.47 Å². The van der Waals surface area contributed by atoms with E-state index in [4.69, 9.17) is 14.5 Å². The van der Waals surface area contributed by atoms with Crippen LogP contribution in [0.15, 0.2) is 23.6 Å². The topological polar surface area (TPSA) is 44.2 Å². The zero-order valence-electron chi connectivity index (χ0n) is 13.5. The molecule has 3 rings (SSSR count). The molecule has 2 heterocycles.